The molecule has 0 radical (unpaired) electrons. The Hall–Kier alpha value is -1.95. The Morgan fingerprint density at radius 3 is 1.93 bits per heavy atom. The Balaban J connectivity index is 1.49. The van der Waals surface area contributed by atoms with Crippen LogP contribution in [0.5, 0.6) is 0 Å². The molecular weight excluding hydrogens is 340 g/mol. The smallest absolute Gasteiger partial charge is 0.144 e. The molecular formula is C24H29F2N. The zero-order valence-corrected chi connectivity index (χ0v) is 16.0. The van der Waals surface area contributed by atoms with Crippen LogP contribution in [0.4, 0.5) is 8.78 Å². The van der Waals surface area contributed by atoms with Crippen molar-refractivity contribution in [3.8, 4) is 6.07 Å². The van der Waals surface area contributed by atoms with Crippen molar-refractivity contribution in [1.29, 1.82) is 5.26 Å². The van der Waals surface area contributed by atoms with Crippen LogP contribution in [0.3, 0.4) is 0 Å². The fraction of sp³-hybridized carbons (Fsp3) is 0.542. The standard InChI is InChI=1S/C24H29F2N/c1-2-3-17-4-6-18(7-5-17)8-9-19-10-12-20(13-11-19)21-14-23(25)22(16-27)24(26)15-21/h2,8-9,14-15,17-20H,1,3-7,10-13H2/b9-8+. The summed E-state index contributed by atoms with van der Waals surface area (Å²) in [5.41, 5.74) is 0.227. The molecule has 0 unspecified atom stereocenters. The van der Waals surface area contributed by atoms with Crippen LogP contribution in [0.25, 0.3) is 0 Å². The third kappa shape index (κ3) is 5.06. The summed E-state index contributed by atoms with van der Waals surface area (Å²) in [7, 11) is 0. The Kier molecular flexibility index (Phi) is 6.83. The monoisotopic (exact) mass is 369 g/mol. The van der Waals surface area contributed by atoms with Crippen LogP contribution in [0, 0.1) is 40.7 Å². The first kappa shape index (κ1) is 19.8. The molecule has 0 atom stereocenters. The lowest BCUT2D eigenvalue weighted by Gasteiger charge is -2.29. The van der Waals surface area contributed by atoms with E-state index in [1.54, 1.807) is 6.07 Å². The molecule has 0 N–H and O–H groups in total. The van der Waals surface area contributed by atoms with Crippen LogP contribution in [0.2, 0.25) is 0 Å². The lowest BCUT2D eigenvalue weighted by molar-refractivity contribution is 0.310. The van der Waals surface area contributed by atoms with E-state index < -0.39 is 17.2 Å². The molecule has 1 nitrogen and oxygen atoms in total. The van der Waals surface area contributed by atoms with E-state index in [9.17, 15) is 8.78 Å². The highest BCUT2D eigenvalue weighted by atomic mass is 19.1. The lowest BCUT2D eigenvalue weighted by Crippen LogP contribution is -2.14. The fourth-order valence-electron chi connectivity index (χ4n) is 4.75. The molecule has 3 rings (SSSR count). The first-order chi connectivity index (χ1) is 13.1. The Bertz CT molecular complexity index is 691. The summed E-state index contributed by atoms with van der Waals surface area (Å²) in [6, 6.07) is 4.30. The normalized spacial score (nSPS) is 28.8. The van der Waals surface area contributed by atoms with Gasteiger partial charge >= 0.3 is 0 Å². The SMILES string of the molecule is C=CCC1CCC(/C=C/C2CCC(c3cc(F)c(C#N)c(F)c3)CC2)CC1. The van der Waals surface area contributed by atoms with Crippen LogP contribution >= 0.6 is 0 Å². The first-order valence-electron chi connectivity index (χ1n) is 10.3. The van der Waals surface area contributed by atoms with Gasteiger partial charge in [-0.05, 0) is 99.2 Å². The van der Waals surface area contributed by atoms with E-state index in [1.807, 2.05) is 6.08 Å². The molecule has 1 aromatic rings. The summed E-state index contributed by atoms with van der Waals surface area (Å²) in [6.07, 6.45) is 17.2. The molecule has 3 heteroatoms. The molecule has 2 fully saturated rings. The van der Waals surface area contributed by atoms with E-state index in [2.05, 4.69) is 18.7 Å². The summed E-state index contributed by atoms with van der Waals surface area (Å²) in [5.74, 6) is 0.852. The van der Waals surface area contributed by atoms with Gasteiger partial charge in [0.25, 0.3) is 0 Å². The van der Waals surface area contributed by atoms with E-state index in [4.69, 9.17) is 5.26 Å². The minimum Gasteiger partial charge on any atom is -0.205 e. The van der Waals surface area contributed by atoms with E-state index in [1.165, 1.54) is 37.8 Å². The van der Waals surface area contributed by atoms with E-state index >= 15 is 0 Å². The molecule has 2 saturated carbocycles. The largest absolute Gasteiger partial charge is 0.205 e. The second kappa shape index (κ2) is 9.31. The number of halogens is 2. The van der Waals surface area contributed by atoms with Crippen molar-refractivity contribution in [3.63, 3.8) is 0 Å². The molecule has 2 aliphatic carbocycles. The lowest BCUT2D eigenvalue weighted by atomic mass is 9.77. The van der Waals surface area contributed by atoms with E-state index in [0.717, 1.165) is 38.0 Å². The Labute approximate surface area is 161 Å². The van der Waals surface area contributed by atoms with Gasteiger partial charge < -0.3 is 0 Å². The summed E-state index contributed by atoms with van der Waals surface area (Å²) in [4.78, 5) is 0. The molecule has 0 amide bonds. The van der Waals surface area contributed by atoms with Gasteiger partial charge in [-0.25, -0.2) is 8.78 Å². The number of hydrogen-bond acceptors (Lipinski definition) is 1. The number of benzene rings is 1. The summed E-state index contributed by atoms with van der Waals surface area (Å²) < 4.78 is 27.7. The van der Waals surface area contributed by atoms with Gasteiger partial charge in [0.2, 0.25) is 0 Å². The molecule has 144 valence electrons. The van der Waals surface area contributed by atoms with E-state index in [0.29, 0.717) is 17.4 Å². The number of allylic oxidation sites excluding steroid dienone is 3. The van der Waals surface area contributed by atoms with Gasteiger partial charge in [0.15, 0.2) is 0 Å². The molecule has 0 bridgehead atoms. The van der Waals surface area contributed by atoms with Gasteiger partial charge in [-0.1, -0.05) is 18.2 Å². The topological polar surface area (TPSA) is 23.8 Å². The highest BCUT2D eigenvalue weighted by Crippen LogP contribution is 2.38. The van der Waals surface area contributed by atoms with Gasteiger partial charge in [-0.15, -0.1) is 6.58 Å². The third-order valence-electron chi connectivity index (χ3n) is 6.47. The van der Waals surface area contributed by atoms with E-state index in [-0.39, 0.29) is 5.92 Å². The van der Waals surface area contributed by atoms with Crippen molar-refractivity contribution in [1.82, 2.24) is 0 Å². The average molecular weight is 369 g/mol. The summed E-state index contributed by atoms with van der Waals surface area (Å²) in [5, 5.41) is 8.80. The van der Waals surface area contributed by atoms with Gasteiger partial charge in [-0.2, -0.15) is 5.26 Å². The van der Waals surface area contributed by atoms with Crippen molar-refractivity contribution >= 4 is 0 Å². The number of rotatable bonds is 5. The molecule has 2 aliphatic rings. The van der Waals surface area contributed by atoms with Crippen molar-refractivity contribution in [2.45, 2.75) is 63.7 Å². The molecule has 0 heterocycles. The molecule has 0 aromatic heterocycles. The Morgan fingerprint density at radius 1 is 0.926 bits per heavy atom. The van der Waals surface area contributed by atoms with Crippen LogP contribution in [-0.2, 0) is 0 Å². The molecule has 27 heavy (non-hydrogen) atoms. The second-order valence-corrected chi connectivity index (χ2v) is 8.27. The highest BCUT2D eigenvalue weighted by molar-refractivity contribution is 5.36. The maximum atomic E-state index is 13.9. The maximum Gasteiger partial charge on any atom is 0.144 e. The predicted octanol–water partition coefficient (Wildman–Crippen LogP) is 7.05. The summed E-state index contributed by atoms with van der Waals surface area (Å²) in [6.45, 7) is 3.85. The molecule has 0 aliphatic heterocycles. The first-order valence-corrected chi connectivity index (χ1v) is 10.3. The van der Waals surface area contributed by atoms with Gasteiger partial charge in [0, 0.05) is 0 Å². The van der Waals surface area contributed by atoms with Crippen molar-refractivity contribution < 1.29 is 8.78 Å². The van der Waals surface area contributed by atoms with Gasteiger partial charge in [-0.3, -0.25) is 0 Å². The van der Waals surface area contributed by atoms with Crippen LogP contribution < -0.4 is 0 Å². The highest BCUT2D eigenvalue weighted by Gasteiger charge is 2.24. The van der Waals surface area contributed by atoms with Crippen LogP contribution in [0.1, 0.15) is 74.8 Å². The Morgan fingerprint density at radius 2 is 1.44 bits per heavy atom. The quantitative estimate of drug-likeness (QED) is 0.510. The maximum absolute atomic E-state index is 13.9. The number of nitriles is 1. The van der Waals surface area contributed by atoms with Crippen molar-refractivity contribution in [2.24, 2.45) is 17.8 Å². The molecule has 0 spiro atoms. The molecule has 1 aromatic carbocycles. The van der Waals surface area contributed by atoms with Crippen LogP contribution in [-0.4, -0.2) is 0 Å². The molecule has 0 saturated heterocycles. The number of nitrogens with zero attached hydrogens (tertiary/aromatic N) is 1. The van der Waals surface area contributed by atoms with Crippen molar-refractivity contribution in [2.75, 3.05) is 0 Å². The average Bonchev–Trinajstić information content (AvgIpc) is 2.68. The van der Waals surface area contributed by atoms with Crippen molar-refractivity contribution in [3.05, 3.63) is 59.7 Å². The number of hydrogen-bond donors (Lipinski definition) is 0. The zero-order chi connectivity index (χ0) is 19.2. The minimum absolute atomic E-state index is 0.195. The minimum atomic E-state index is -0.735. The van der Waals surface area contributed by atoms with Gasteiger partial charge in [0.1, 0.15) is 23.3 Å². The summed E-state index contributed by atoms with van der Waals surface area (Å²) >= 11 is 0. The second-order valence-electron chi connectivity index (χ2n) is 8.27. The van der Waals surface area contributed by atoms with Crippen LogP contribution in [0.15, 0.2) is 36.9 Å². The zero-order valence-electron chi connectivity index (χ0n) is 16.0. The predicted molar refractivity (Wildman–Crippen MR) is 105 cm³/mol. The third-order valence-corrected chi connectivity index (χ3v) is 6.47. The fourth-order valence-corrected chi connectivity index (χ4v) is 4.75. The van der Waals surface area contributed by atoms with Gasteiger partial charge in [0.05, 0.1) is 0 Å².